The molecule has 190 valence electrons. The second-order valence-corrected chi connectivity index (χ2v) is 10.8. The maximum atomic E-state index is 12.9. The molecule has 0 aromatic heterocycles. The Kier molecular flexibility index (Phi) is 8.89. The first-order chi connectivity index (χ1) is 17.8. The summed E-state index contributed by atoms with van der Waals surface area (Å²) in [5.74, 6) is 0.354. The molecule has 0 heterocycles. The van der Waals surface area contributed by atoms with E-state index in [-0.39, 0.29) is 29.4 Å². The molecule has 0 N–H and O–H groups in total. The van der Waals surface area contributed by atoms with Gasteiger partial charge in [-0.05, 0) is 48.9 Å². The fraction of sp³-hybridized carbons (Fsp3) is 0.172. The van der Waals surface area contributed by atoms with Crippen LogP contribution in [-0.4, -0.2) is 15.9 Å². The summed E-state index contributed by atoms with van der Waals surface area (Å²) in [6, 6.07) is 22.9. The van der Waals surface area contributed by atoms with Crippen LogP contribution in [0.15, 0.2) is 78.9 Å². The molecule has 8 heteroatoms. The number of alkyl halides is 1. The molecule has 0 aliphatic heterocycles. The normalized spacial score (nSPS) is 11.6. The number of halogens is 2. The van der Waals surface area contributed by atoms with Crippen molar-refractivity contribution in [3.63, 3.8) is 0 Å². The predicted molar refractivity (Wildman–Crippen MR) is 152 cm³/mol. The van der Waals surface area contributed by atoms with Crippen LogP contribution in [0.3, 0.4) is 0 Å². The SMILES string of the molecule is CC(=O)Oc1c(Oc2ccccc2)c(Oc2ccccc2)c(OC(=O)CCC(C)I)c2cc(Cl)ccc12. The lowest BCUT2D eigenvalue weighted by atomic mass is 10.1. The van der Waals surface area contributed by atoms with Crippen molar-refractivity contribution in [1.82, 2.24) is 0 Å². The summed E-state index contributed by atoms with van der Waals surface area (Å²) in [6.07, 6.45) is 0.851. The van der Waals surface area contributed by atoms with E-state index in [4.69, 9.17) is 30.5 Å². The van der Waals surface area contributed by atoms with Gasteiger partial charge in [-0.3, -0.25) is 9.59 Å². The minimum Gasteiger partial charge on any atom is -0.449 e. The predicted octanol–water partition coefficient (Wildman–Crippen LogP) is 8.51. The first-order valence-electron chi connectivity index (χ1n) is 11.6. The van der Waals surface area contributed by atoms with Crippen molar-refractivity contribution < 1.29 is 28.5 Å². The third kappa shape index (κ3) is 6.93. The molecule has 0 radical (unpaired) electrons. The number of rotatable bonds is 9. The van der Waals surface area contributed by atoms with E-state index in [9.17, 15) is 9.59 Å². The minimum absolute atomic E-state index is 0.0805. The van der Waals surface area contributed by atoms with Crippen molar-refractivity contribution >= 4 is 56.9 Å². The molecule has 0 saturated carbocycles. The Hall–Kier alpha value is -3.30. The Morgan fingerprint density at radius 3 is 1.84 bits per heavy atom. The Balaban J connectivity index is 2.00. The highest BCUT2D eigenvalue weighted by atomic mass is 127. The van der Waals surface area contributed by atoms with Crippen LogP contribution in [0.2, 0.25) is 5.02 Å². The molecule has 0 aliphatic carbocycles. The Bertz CT molecular complexity index is 1410. The zero-order chi connectivity index (χ0) is 26.4. The number of carbonyl (C=O) groups excluding carboxylic acids is 2. The molecule has 4 aromatic rings. The van der Waals surface area contributed by atoms with Gasteiger partial charge in [0.15, 0.2) is 11.5 Å². The van der Waals surface area contributed by atoms with Gasteiger partial charge in [0.05, 0.1) is 0 Å². The quantitative estimate of drug-likeness (QED) is 0.0799. The smallest absolute Gasteiger partial charge is 0.311 e. The van der Waals surface area contributed by atoms with E-state index in [0.717, 1.165) is 0 Å². The first-order valence-corrected chi connectivity index (χ1v) is 13.2. The van der Waals surface area contributed by atoms with Gasteiger partial charge in [-0.1, -0.05) is 77.5 Å². The summed E-state index contributed by atoms with van der Waals surface area (Å²) in [6.45, 7) is 3.32. The standard InChI is InChI=1S/C29H24ClIO6/c1-18(31)13-16-25(33)37-27-24-17-20(30)14-15-23(24)26(34-19(2)32)28(35-21-9-5-3-6-10-21)29(27)36-22-11-7-4-8-12-22/h3-12,14-15,17-18H,13,16H2,1-2H3. The zero-order valence-electron chi connectivity index (χ0n) is 20.2. The van der Waals surface area contributed by atoms with E-state index >= 15 is 0 Å². The summed E-state index contributed by atoms with van der Waals surface area (Å²) in [7, 11) is 0. The molecule has 0 bridgehead atoms. The molecule has 0 spiro atoms. The number of para-hydroxylation sites is 2. The number of carbonyl (C=O) groups is 2. The van der Waals surface area contributed by atoms with Gasteiger partial charge < -0.3 is 18.9 Å². The monoisotopic (exact) mass is 630 g/mol. The summed E-state index contributed by atoms with van der Waals surface area (Å²) < 4.78 is 24.4. The lowest BCUT2D eigenvalue weighted by Gasteiger charge is -2.21. The summed E-state index contributed by atoms with van der Waals surface area (Å²) >= 11 is 8.61. The molecule has 0 aliphatic rings. The van der Waals surface area contributed by atoms with E-state index in [1.807, 2.05) is 43.3 Å². The first kappa shape index (κ1) is 26.8. The van der Waals surface area contributed by atoms with Gasteiger partial charge in [0.25, 0.3) is 0 Å². The summed E-state index contributed by atoms with van der Waals surface area (Å²) in [5, 5.41) is 1.31. The van der Waals surface area contributed by atoms with E-state index in [2.05, 4.69) is 22.6 Å². The fourth-order valence-electron chi connectivity index (χ4n) is 3.58. The number of fused-ring (bicyclic) bond motifs is 1. The molecular formula is C29H24ClIO6. The van der Waals surface area contributed by atoms with Gasteiger partial charge in [0.2, 0.25) is 11.5 Å². The van der Waals surface area contributed by atoms with Gasteiger partial charge in [0.1, 0.15) is 11.5 Å². The molecule has 1 atom stereocenters. The van der Waals surface area contributed by atoms with Crippen LogP contribution >= 0.6 is 34.2 Å². The van der Waals surface area contributed by atoms with Crippen molar-refractivity contribution in [3.8, 4) is 34.5 Å². The van der Waals surface area contributed by atoms with Crippen LogP contribution in [0.4, 0.5) is 0 Å². The molecule has 37 heavy (non-hydrogen) atoms. The average molecular weight is 631 g/mol. The highest BCUT2D eigenvalue weighted by Gasteiger charge is 2.28. The van der Waals surface area contributed by atoms with Gasteiger partial charge in [-0.15, -0.1) is 0 Å². The molecule has 6 nitrogen and oxygen atoms in total. The third-order valence-electron chi connectivity index (χ3n) is 5.22. The van der Waals surface area contributed by atoms with E-state index < -0.39 is 11.9 Å². The maximum absolute atomic E-state index is 12.9. The van der Waals surface area contributed by atoms with Crippen LogP contribution < -0.4 is 18.9 Å². The van der Waals surface area contributed by atoms with Gasteiger partial charge in [-0.2, -0.15) is 0 Å². The number of esters is 2. The van der Waals surface area contributed by atoms with Crippen LogP contribution in [0, 0.1) is 0 Å². The van der Waals surface area contributed by atoms with E-state index in [1.54, 1.807) is 42.5 Å². The molecular weight excluding hydrogens is 607 g/mol. The Labute approximate surface area is 233 Å². The Morgan fingerprint density at radius 1 is 0.784 bits per heavy atom. The largest absolute Gasteiger partial charge is 0.449 e. The highest BCUT2D eigenvalue weighted by molar-refractivity contribution is 14.1. The van der Waals surface area contributed by atoms with Crippen molar-refractivity contribution in [2.45, 2.75) is 30.6 Å². The summed E-state index contributed by atoms with van der Waals surface area (Å²) in [4.78, 5) is 25.1. The van der Waals surface area contributed by atoms with Crippen molar-refractivity contribution in [2.24, 2.45) is 0 Å². The minimum atomic E-state index is -0.555. The molecule has 0 amide bonds. The van der Waals surface area contributed by atoms with Crippen molar-refractivity contribution in [1.29, 1.82) is 0 Å². The van der Waals surface area contributed by atoms with Gasteiger partial charge >= 0.3 is 11.9 Å². The molecule has 1 unspecified atom stereocenters. The molecule has 4 aromatic carbocycles. The topological polar surface area (TPSA) is 71.1 Å². The molecule has 4 rings (SSSR count). The number of hydrogen-bond acceptors (Lipinski definition) is 6. The number of benzene rings is 4. The number of hydrogen-bond donors (Lipinski definition) is 0. The second-order valence-electron chi connectivity index (χ2n) is 8.22. The van der Waals surface area contributed by atoms with E-state index in [1.165, 1.54) is 6.92 Å². The van der Waals surface area contributed by atoms with Crippen molar-refractivity contribution in [3.05, 3.63) is 83.9 Å². The number of ether oxygens (including phenoxy) is 4. The van der Waals surface area contributed by atoms with Crippen LogP contribution in [0.1, 0.15) is 26.7 Å². The fourth-order valence-corrected chi connectivity index (χ4v) is 4.06. The Morgan fingerprint density at radius 2 is 1.32 bits per heavy atom. The van der Waals surface area contributed by atoms with Gasteiger partial charge in [0, 0.05) is 33.1 Å². The highest BCUT2D eigenvalue weighted by Crippen LogP contribution is 2.54. The van der Waals surface area contributed by atoms with Crippen LogP contribution in [0.5, 0.6) is 34.5 Å². The van der Waals surface area contributed by atoms with Crippen molar-refractivity contribution in [2.75, 3.05) is 0 Å². The lowest BCUT2D eigenvalue weighted by molar-refractivity contribution is -0.134. The van der Waals surface area contributed by atoms with E-state index in [0.29, 0.717) is 37.6 Å². The average Bonchev–Trinajstić information content (AvgIpc) is 2.87. The van der Waals surface area contributed by atoms with Crippen LogP contribution in [0.25, 0.3) is 10.8 Å². The van der Waals surface area contributed by atoms with Crippen LogP contribution in [-0.2, 0) is 9.59 Å². The lowest BCUT2D eigenvalue weighted by Crippen LogP contribution is -2.12. The second kappa shape index (κ2) is 12.3. The third-order valence-corrected chi connectivity index (χ3v) is 6.08. The zero-order valence-corrected chi connectivity index (χ0v) is 23.1. The summed E-state index contributed by atoms with van der Waals surface area (Å²) in [5.41, 5.74) is 0. The molecule has 0 saturated heterocycles. The van der Waals surface area contributed by atoms with Gasteiger partial charge in [-0.25, -0.2) is 0 Å². The maximum Gasteiger partial charge on any atom is 0.311 e. The molecule has 0 fully saturated rings.